The Morgan fingerprint density at radius 1 is 1.28 bits per heavy atom. The van der Waals surface area contributed by atoms with Gasteiger partial charge >= 0.3 is 5.97 Å². The van der Waals surface area contributed by atoms with E-state index in [1.54, 1.807) is 25.3 Å². The largest absolute Gasteiger partial charge is 0.493 e. The van der Waals surface area contributed by atoms with Gasteiger partial charge in [-0.25, -0.2) is 0 Å². The van der Waals surface area contributed by atoms with E-state index >= 15 is 0 Å². The molecule has 0 radical (unpaired) electrons. The van der Waals surface area contributed by atoms with Gasteiger partial charge < -0.3 is 19.9 Å². The van der Waals surface area contributed by atoms with E-state index in [1.807, 2.05) is 0 Å². The number of para-hydroxylation sites is 1. The molecular weight excluding hydrogens is 258 g/mol. The standard InChI is InChI=1S/C12H17NO4.ClH/c1-15-10-6-4-5-8(12(10)17-3)9(13)7-11(14)16-2;/h4-6,9H,7,13H2,1-3H3;1H/t9-;/m0./s1. The van der Waals surface area contributed by atoms with Crippen molar-refractivity contribution < 1.29 is 19.0 Å². The summed E-state index contributed by atoms with van der Waals surface area (Å²) in [6, 6.07) is 4.89. The molecule has 0 aliphatic rings. The Morgan fingerprint density at radius 3 is 2.44 bits per heavy atom. The zero-order valence-corrected chi connectivity index (χ0v) is 11.5. The van der Waals surface area contributed by atoms with Crippen molar-refractivity contribution in [3.63, 3.8) is 0 Å². The maximum Gasteiger partial charge on any atom is 0.307 e. The van der Waals surface area contributed by atoms with Crippen molar-refractivity contribution in [3.8, 4) is 11.5 Å². The average Bonchev–Trinajstić information content (AvgIpc) is 2.37. The quantitative estimate of drug-likeness (QED) is 0.828. The minimum absolute atomic E-state index is 0. The first-order valence-corrected chi connectivity index (χ1v) is 5.17. The molecule has 18 heavy (non-hydrogen) atoms. The highest BCUT2D eigenvalue weighted by Crippen LogP contribution is 2.34. The number of methoxy groups -OCH3 is 3. The lowest BCUT2D eigenvalue weighted by molar-refractivity contribution is -0.141. The average molecular weight is 276 g/mol. The van der Waals surface area contributed by atoms with Crippen LogP contribution < -0.4 is 15.2 Å². The van der Waals surface area contributed by atoms with Gasteiger partial charge in [0.15, 0.2) is 11.5 Å². The molecule has 0 heterocycles. The first-order valence-electron chi connectivity index (χ1n) is 5.17. The molecule has 0 saturated heterocycles. The van der Waals surface area contributed by atoms with Crippen molar-refractivity contribution in [3.05, 3.63) is 23.8 Å². The number of rotatable bonds is 5. The summed E-state index contributed by atoms with van der Waals surface area (Å²) in [6.07, 6.45) is 0.0972. The van der Waals surface area contributed by atoms with Gasteiger partial charge in [-0.3, -0.25) is 4.79 Å². The Hall–Kier alpha value is -1.46. The van der Waals surface area contributed by atoms with E-state index in [-0.39, 0.29) is 24.8 Å². The van der Waals surface area contributed by atoms with E-state index in [0.717, 1.165) is 5.56 Å². The van der Waals surface area contributed by atoms with Crippen LogP contribution in [-0.4, -0.2) is 27.3 Å². The van der Waals surface area contributed by atoms with Crippen molar-refractivity contribution in [1.82, 2.24) is 0 Å². The van der Waals surface area contributed by atoms with Gasteiger partial charge in [0.25, 0.3) is 0 Å². The van der Waals surface area contributed by atoms with E-state index in [2.05, 4.69) is 4.74 Å². The molecule has 0 amide bonds. The Labute approximate surface area is 113 Å². The third-order valence-corrected chi connectivity index (χ3v) is 2.45. The molecule has 0 aromatic heterocycles. The Kier molecular flexibility index (Phi) is 7.16. The number of hydrogen-bond acceptors (Lipinski definition) is 5. The van der Waals surface area contributed by atoms with E-state index in [9.17, 15) is 4.79 Å². The number of nitrogens with two attached hydrogens (primary N) is 1. The molecule has 1 rings (SSSR count). The number of carbonyl (C=O) groups is 1. The second-order valence-corrected chi connectivity index (χ2v) is 3.47. The molecule has 5 nitrogen and oxygen atoms in total. The van der Waals surface area contributed by atoms with Gasteiger partial charge in [-0.2, -0.15) is 0 Å². The highest BCUT2D eigenvalue weighted by atomic mass is 35.5. The zero-order chi connectivity index (χ0) is 12.8. The van der Waals surface area contributed by atoms with Crippen molar-refractivity contribution in [2.24, 2.45) is 5.73 Å². The molecule has 0 saturated carbocycles. The fourth-order valence-electron chi connectivity index (χ4n) is 1.58. The third-order valence-electron chi connectivity index (χ3n) is 2.45. The van der Waals surface area contributed by atoms with Gasteiger partial charge in [-0.15, -0.1) is 12.4 Å². The van der Waals surface area contributed by atoms with Gasteiger partial charge in [0.2, 0.25) is 0 Å². The Balaban J connectivity index is 0.00000289. The van der Waals surface area contributed by atoms with Crippen LogP contribution in [0, 0.1) is 0 Å². The highest BCUT2D eigenvalue weighted by molar-refractivity contribution is 5.85. The van der Waals surface area contributed by atoms with E-state index in [0.29, 0.717) is 11.5 Å². The fraction of sp³-hybridized carbons (Fsp3) is 0.417. The number of esters is 1. The highest BCUT2D eigenvalue weighted by Gasteiger charge is 2.18. The number of benzene rings is 1. The maximum atomic E-state index is 11.2. The van der Waals surface area contributed by atoms with Crippen molar-refractivity contribution >= 4 is 18.4 Å². The van der Waals surface area contributed by atoms with Crippen LogP contribution in [0.25, 0.3) is 0 Å². The molecule has 2 N–H and O–H groups in total. The summed E-state index contributed by atoms with van der Waals surface area (Å²) in [5, 5.41) is 0. The van der Waals surface area contributed by atoms with Crippen LogP contribution in [0.1, 0.15) is 18.0 Å². The van der Waals surface area contributed by atoms with Gasteiger partial charge in [-0.05, 0) is 6.07 Å². The first kappa shape index (κ1) is 16.5. The lowest BCUT2D eigenvalue weighted by atomic mass is 10.0. The predicted octanol–water partition coefficient (Wildman–Crippen LogP) is 1.69. The van der Waals surface area contributed by atoms with Crippen LogP contribution in [0.4, 0.5) is 0 Å². The molecule has 0 spiro atoms. The molecule has 1 aromatic carbocycles. The summed E-state index contributed by atoms with van der Waals surface area (Å²) in [5.74, 6) is 0.777. The van der Waals surface area contributed by atoms with Crippen LogP contribution >= 0.6 is 12.4 Å². The number of hydrogen-bond donors (Lipinski definition) is 1. The van der Waals surface area contributed by atoms with Gasteiger partial charge in [0, 0.05) is 11.6 Å². The molecule has 6 heteroatoms. The molecule has 0 aliphatic carbocycles. The Morgan fingerprint density at radius 2 is 1.94 bits per heavy atom. The van der Waals surface area contributed by atoms with Crippen molar-refractivity contribution in [2.45, 2.75) is 12.5 Å². The molecule has 0 unspecified atom stereocenters. The second-order valence-electron chi connectivity index (χ2n) is 3.47. The van der Waals surface area contributed by atoms with Crippen LogP contribution in [0.5, 0.6) is 11.5 Å². The molecular formula is C12H18ClNO4. The lowest BCUT2D eigenvalue weighted by Gasteiger charge is -2.16. The minimum Gasteiger partial charge on any atom is -0.493 e. The molecule has 1 aromatic rings. The summed E-state index contributed by atoms with van der Waals surface area (Å²) in [7, 11) is 4.41. The second kappa shape index (κ2) is 7.79. The normalized spacial score (nSPS) is 11.1. The van der Waals surface area contributed by atoms with Crippen LogP contribution in [-0.2, 0) is 9.53 Å². The minimum atomic E-state index is -0.479. The van der Waals surface area contributed by atoms with E-state index in [4.69, 9.17) is 15.2 Å². The van der Waals surface area contributed by atoms with Crippen LogP contribution in [0.15, 0.2) is 18.2 Å². The topological polar surface area (TPSA) is 70.8 Å². The van der Waals surface area contributed by atoms with Gasteiger partial charge in [0.05, 0.1) is 27.8 Å². The van der Waals surface area contributed by atoms with Gasteiger partial charge in [0.1, 0.15) is 0 Å². The van der Waals surface area contributed by atoms with E-state index in [1.165, 1.54) is 14.2 Å². The molecule has 0 aliphatic heterocycles. The van der Waals surface area contributed by atoms with Crippen molar-refractivity contribution in [1.29, 1.82) is 0 Å². The van der Waals surface area contributed by atoms with Crippen molar-refractivity contribution in [2.75, 3.05) is 21.3 Å². The summed E-state index contributed by atoms with van der Waals surface area (Å²) in [4.78, 5) is 11.2. The summed E-state index contributed by atoms with van der Waals surface area (Å²) in [6.45, 7) is 0. The fourth-order valence-corrected chi connectivity index (χ4v) is 1.58. The summed E-state index contributed by atoms with van der Waals surface area (Å²) < 4.78 is 15.0. The van der Waals surface area contributed by atoms with Gasteiger partial charge in [-0.1, -0.05) is 12.1 Å². The van der Waals surface area contributed by atoms with Crippen LogP contribution in [0.3, 0.4) is 0 Å². The predicted molar refractivity (Wildman–Crippen MR) is 70.4 cm³/mol. The lowest BCUT2D eigenvalue weighted by Crippen LogP contribution is -2.17. The summed E-state index contributed by atoms with van der Waals surface area (Å²) >= 11 is 0. The molecule has 1 atom stereocenters. The van der Waals surface area contributed by atoms with E-state index < -0.39 is 6.04 Å². The number of halogens is 1. The van der Waals surface area contributed by atoms with Crippen LogP contribution in [0.2, 0.25) is 0 Å². The number of ether oxygens (including phenoxy) is 3. The Bertz CT molecular complexity index is 398. The molecule has 0 bridgehead atoms. The summed E-state index contributed by atoms with van der Waals surface area (Å²) in [5.41, 5.74) is 6.65. The monoisotopic (exact) mass is 275 g/mol. The molecule has 102 valence electrons. The molecule has 0 fully saturated rings. The zero-order valence-electron chi connectivity index (χ0n) is 10.6. The number of carbonyl (C=O) groups excluding carboxylic acids is 1. The smallest absolute Gasteiger partial charge is 0.307 e. The maximum absolute atomic E-state index is 11.2. The third kappa shape index (κ3) is 3.78. The SMILES string of the molecule is COC(=O)C[C@H](N)c1cccc(OC)c1OC.Cl. The first-order chi connectivity index (χ1) is 8.13.